The average Bonchev–Trinajstić information content (AvgIpc) is 2.87. The van der Waals surface area contributed by atoms with E-state index < -0.39 is 0 Å². The second kappa shape index (κ2) is 8.61. The molecule has 7 heteroatoms. The van der Waals surface area contributed by atoms with Crippen LogP contribution < -0.4 is 5.73 Å². The Bertz CT molecular complexity index is 423. The van der Waals surface area contributed by atoms with Gasteiger partial charge >= 0.3 is 0 Å². The fourth-order valence-electron chi connectivity index (χ4n) is 2.83. The molecule has 2 rings (SSSR count). The van der Waals surface area contributed by atoms with Gasteiger partial charge < -0.3 is 10.6 Å². The first-order valence-corrected chi connectivity index (χ1v) is 7.02. The molecule has 1 aliphatic carbocycles. The number of nitrogens with two attached hydrogens (primary N) is 1. The Labute approximate surface area is 139 Å². The summed E-state index contributed by atoms with van der Waals surface area (Å²) in [5, 5.41) is 4.14. The Kier molecular flexibility index (Phi) is 8.29. The minimum atomic E-state index is -0.352. The van der Waals surface area contributed by atoms with Gasteiger partial charge in [-0.2, -0.15) is 5.10 Å². The minimum absolute atomic E-state index is 0. The Morgan fingerprint density at radius 3 is 2.76 bits per heavy atom. The third-order valence-electron chi connectivity index (χ3n) is 4.15. The third kappa shape index (κ3) is 5.16. The zero-order valence-electron chi connectivity index (χ0n) is 12.7. The van der Waals surface area contributed by atoms with Crippen molar-refractivity contribution in [3.63, 3.8) is 0 Å². The molecule has 0 radical (unpaired) electrons. The fourth-order valence-corrected chi connectivity index (χ4v) is 2.83. The summed E-state index contributed by atoms with van der Waals surface area (Å²) in [6.45, 7) is 3.41. The number of hydrogen-bond donors (Lipinski definition) is 1. The lowest BCUT2D eigenvalue weighted by atomic mass is 9.74. The SMILES string of the molecule is CN(CCn1cccn1)C(=O)C1CCCCC1(C)N.Cl.Cl. The lowest BCUT2D eigenvalue weighted by Gasteiger charge is -2.39. The van der Waals surface area contributed by atoms with Crippen molar-refractivity contribution in [3.8, 4) is 0 Å². The number of halogens is 2. The molecule has 5 nitrogen and oxygen atoms in total. The Morgan fingerprint density at radius 1 is 1.48 bits per heavy atom. The van der Waals surface area contributed by atoms with Crippen LogP contribution in [0.25, 0.3) is 0 Å². The molecule has 0 spiro atoms. The van der Waals surface area contributed by atoms with Gasteiger partial charge in [-0.05, 0) is 25.8 Å². The Morgan fingerprint density at radius 2 is 2.19 bits per heavy atom. The van der Waals surface area contributed by atoms with Gasteiger partial charge in [0.05, 0.1) is 12.5 Å². The largest absolute Gasteiger partial charge is 0.344 e. The first kappa shape index (κ1) is 20.2. The van der Waals surface area contributed by atoms with E-state index in [1.54, 1.807) is 11.1 Å². The van der Waals surface area contributed by atoms with E-state index in [-0.39, 0.29) is 42.2 Å². The normalized spacial score (nSPS) is 24.6. The van der Waals surface area contributed by atoms with Crippen molar-refractivity contribution in [1.82, 2.24) is 14.7 Å². The molecule has 122 valence electrons. The van der Waals surface area contributed by atoms with Crippen LogP contribution in [0.4, 0.5) is 0 Å². The lowest BCUT2D eigenvalue weighted by Crippen LogP contribution is -2.53. The van der Waals surface area contributed by atoms with Crippen molar-refractivity contribution < 1.29 is 4.79 Å². The van der Waals surface area contributed by atoms with Crippen molar-refractivity contribution in [2.45, 2.75) is 44.7 Å². The van der Waals surface area contributed by atoms with Crippen LogP contribution >= 0.6 is 24.8 Å². The van der Waals surface area contributed by atoms with E-state index >= 15 is 0 Å². The maximum atomic E-state index is 12.5. The van der Waals surface area contributed by atoms with Crippen molar-refractivity contribution in [2.24, 2.45) is 11.7 Å². The standard InChI is InChI=1S/C14H24N4O.2ClH/c1-14(15)7-4-3-6-12(14)13(19)17(2)10-11-18-9-5-8-16-18;;/h5,8-9,12H,3-4,6-7,10-11,15H2,1-2H3;2*1H. The highest BCUT2D eigenvalue weighted by Crippen LogP contribution is 2.32. The molecule has 0 aliphatic heterocycles. The van der Waals surface area contributed by atoms with E-state index in [4.69, 9.17) is 5.73 Å². The maximum absolute atomic E-state index is 12.5. The third-order valence-corrected chi connectivity index (χ3v) is 4.15. The Hall–Kier alpha value is -0.780. The Balaban J connectivity index is 0.00000200. The summed E-state index contributed by atoms with van der Waals surface area (Å²) in [7, 11) is 1.86. The van der Waals surface area contributed by atoms with Crippen LogP contribution in [0.2, 0.25) is 0 Å². The lowest BCUT2D eigenvalue weighted by molar-refractivity contribution is -0.137. The topological polar surface area (TPSA) is 64.2 Å². The van der Waals surface area contributed by atoms with Crippen molar-refractivity contribution >= 4 is 30.7 Å². The molecule has 1 heterocycles. The number of nitrogens with zero attached hydrogens (tertiary/aromatic N) is 3. The molecule has 1 fully saturated rings. The predicted molar refractivity (Wildman–Crippen MR) is 88.9 cm³/mol. The first-order valence-electron chi connectivity index (χ1n) is 7.02. The highest BCUT2D eigenvalue weighted by Gasteiger charge is 2.38. The van der Waals surface area contributed by atoms with E-state index in [1.807, 2.05) is 30.9 Å². The summed E-state index contributed by atoms with van der Waals surface area (Å²) in [5.74, 6) is 0.140. The van der Waals surface area contributed by atoms with Crippen LogP contribution in [0.5, 0.6) is 0 Å². The van der Waals surface area contributed by atoms with Gasteiger partial charge in [0.25, 0.3) is 0 Å². The van der Waals surface area contributed by atoms with Gasteiger partial charge in [-0.25, -0.2) is 0 Å². The molecule has 1 amide bonds. The average molecular weight is 337 g/mol. The second-order valence-corrected chi connectivity index (χ2v) is 5.83. The van der Waals surface area contributed by atoms with Gasteiger partial charge in [0.1, 0.15) is 0 Å². The van der Waals surface area contributed by atoms with Crippen LogP contribution in [0.15, 0.2) is 18.5 Å². The van der Waals surface area contributed by atoms with E-state index in [2.05, 4.69) is 5.10 Å². The summed E-state index contributed by atoms with van der Waals surface area (Å²) in [5.41, 5.74) is 5.93. The quantitative estimate of drug-likeness (QED) is 0.915. The highest BCUT2D eigenvalue weighted by atomic mass is 35.5. The van der Waals surface area contributed by atoms with E-state index in [9.17, 15) is 4.79 Å². The molecule has 1 aromatic rings. The summed E-state index contributed by atoms with van der Waals surface area (Å²) >= 11 is 0. The molecular weight excluding hydrogens is 311 g/mol. The smallest absolute Gasteiger partial charge is 0.227 e. The molecule has 2 atom stereocenters. The molecule has 1 saturated carbocycles. The molecule has 0 aromatic carbocycles. The summed E-state index contributed by atoms with van der Waals surface area (Å²) in [6, 6.07) is 1.89. The molecule has 2 unspecified atom stereocenters. The number of likely N-dealkylation sites (N-methyl/N-ethyl adjacent to an activating group) is 1. The van der Waals surface area contributed by atoms with E-state index in [0.29, 0.717) is 6.54 Å². The number of rotatable bonds is 4. The molecule has 21 heavy (non-hydrogen) atoms. The van der Waals surface area contributed by atoms with Crippen molar-refractivity contribution in [1.29, 1.82) is 0 Å². The predicted octanol–water partition coefficient (Wildman–Crippen LogP) is 2.09. The van der Waals surface area contributed by atoms with Gasteiger partial charge in [-0.15, -0.1) is 24.8 Å². The molecule has 2 N–H and O–H groups in total. The maximum Gasteiger partial charge on any atom is 0.227 e. The zero-order valence-corrected chi connectivity index (χ0v) is 14.3. The van der Waals surface area contributed by atoms with Gasteiger partial charge in [-0.3, -0.25) is 9.48 Å². The highest BCUT2D eigenvalue weighted by molar-refractivity contribution is 5.85. The van der Waals surface area contributed by atoms with E-state index in [1.165, 1.54) is 0 Å². The van der Waals surface area contributed by atoms with Crippen LogP contribution in [0, 0.1) is 5.92 Å². The van der Waals surface area contributed by atoms with Crippen molar-refractivity contribution in [3.05, 3.63) is 18.5 Å². The van der Waals surface area contributed by atoms with Gasteiger partial charge in [0.2, 0.25) is 5.91 Å². The molecular formula is C14H26Cl2N4O. The van der Waals surface area contributed by atoms with Gasteiger partial charge in [-0.1, -0.05) is 12.8 Å². The number of carbonyl (C=O) groups excluding carboxylic acids is 1. The van der Waals surface area contributed by atoms with Crippen LogP contribution in [0.1, 0.15) is 32.6 Å². The summed E-state index contributed by atoms with van der Waals surface area (Å²) in [4.78, 5) is 14.3. The molecule has 1 aromatic heterocycles. The van der Waals surface area contributed by atoms with Gasteiger partial charge in [0.15, 0.2) is 0 Å². The number of carbonyl (C=O) groups is 1. The van der Waals surface area contributed by atoms with Crippen LogP contribution in [-0.2, 0) is 11.3 Å². The number of amides is 1. The molecule has 0 bridgehead atoms. The van der Waals surface area contributed by atoms with E-state index in [0.717, 1.165) is 32.2 Å². The molecule has 1 aliphatic rings. The van der Waals surface area contributed by atoms with Crippen molar-refractivity contribution in [2.75, 3.05) is 13.6 Å². The fraction of sp³-hybridized carbons (Fsp3) is 0.714. The molecule has 0 saturated heterocycles. The minimum Gasteiger partial charge on any atom is -0.344 e. The number of aromatic nitrogens is 2. The zero-order chi connectivity index (χ0) is 13.9. The van der Waals surface area contributed by atoms with Crippen LogP contribution in [-0.4, -0.2) is 39.7 Å². The summed E-state index contributed by atoms with van der Waals surface area (Å²) < 4.78 is 1.84. The monoisotopic (exact) mass is 336 g/mol. The number of hydrogen-bond acceptors (Lipinski definition) is 3. The van der Waals surface area contributed by atoms with Crippen LogP contribution in [0.3, 0.4) is 0 Å². The first-order chi connectivity index (χ1) is 9.00. The second-order valence-electron chi connectivity index (χ2n) is 5.83. The van der Waals surface area contributed by atoms with Gasteiger partial charge in [0, 0.05) is 31.5 Å². The summed E-state index contributed by atoms with van der Waals surface area (Å²) in [6.07, 6.45) is 7.75.